The molecule has 2 aromatic rings. The molecule has 0 saturated carbocycles. The van der Waals surface area contributed by atoms with Gasteiger partial charge in [0, 0.05) is 17.0 Å². The molecule has 2 heteroatoms. The van der Waals surface area contributed by atoms with E-state index in [1.807, 2.05) is 0 Å². The molecule has 2 aromatic carbocycles. The lowest BCUT2D eigenvalue weighted by Crippen LogP contribution is -2.33. The van der Waals surface area contributed by atoms with Crippen LogP contribution in [0.3, 0.4) is 0 Å². The van der Waals surface area contributed by atoms with Crippen molar-refractivity contribution in [1.29, 1.82) is 0 Å². The normalized spacial score (nSPS) is 24.8. The minimum atomic E-state index is 0.410. The van der Waals surface area contributed by atoms with Crippen molar-refractivity contribution in [3.8, 4) is 0 Å². The number of rotatable bonds is 2. The highest BCUT2D eigenvalue weighted by atomic mass is 32.2. The Labute approximate surface area is 138 Å². The highest BCUT2D eigenvalue weighted by molar-refractivity contribution is 8.00. The highest BCUT2D eigenvalue weighted by Gasteiger charge is 2.39. The van der Waals surface area contributed by atoms with E-state index in [2.05, 4.69) is 93.7 Å². The van der Waals surface area contributed by atoms with Gasteiger partial charge in [-0.2, -0.15) is 0 Å². The van der Waals surface area contributed by atoms with Gasteiger partial charge in [-0.1, -0.05) is 43.3 Å². The van der Waals surface area contributed by atoms with E-state index < -0.39 is 0 Å². The van der Waals surface area contributed by atoms with E-state index in [9.17, 15) is 0 Å². The minimum Gasteiger partial charge on any atom is -0.351 e. The van der Waals surface area contributed by atoms with Crippen LogP contribution in [0.4, 0.5) is 5.69 Å². The third-order valence-electron chi connectivity index (χ3n) is 4.90. The fraction of sp³-hybridized carbons (Fsp3) is 0.400. The second-order valence-electron chi connectivity index (χ2n) is 6.43. The number of benzene rings is 2. The lowest BCUT2D eigenvalue weighted by Gasteiger charge is -2.33. The fourth-order valence-corrected chi connectivity index (χ4v) is 5.15. The standard InChI is InChI=1S/C20H25NS/c1-13-9-6-7-12-18(13)21-16(4)17(5)22-20(21)19-14(2)10-8-11-15(19)3/h6-12,16-17,20H,1-5H3/t16-,17?,20?/m0/s1. The average Bonchev–Trinajstić information content (AvgIpc) is 2.75. The van der Waals surface area contributed by atoms with E-state index in [-0.39, 0.29) is 0 Å². The molecule has 1 nitrogen and oxygen atoms in total. The van der Waals surface area contributed by atoms with Crippen molar-refractivity contribution < 1.29 is 0 Å². The van der Waals surface area contributed by atoms with Crippen molar-refractivity contribution >= 4 is 17.4 Å². The van der Waals surface area contributed by atoms with Gasteiger partial charge < -0.3 is 4.90 Å². The van der Waals surface area contributed by atoms with Crippen molar-refractivity contribution in [3.63, 3.8) is 0 Å². The topological polar surface area (TPSA) is 3.24 Å². The van der Waals surface area contributed by atoms with Gasteiger partial charge in [-0.25, -0.2) is 0 Å². The van der Waals surface area contributed by atoms with Crippen LogP contribution in [-0.4, -0.2) is 11.3 Å². The summed E-state index contributed by atoms with van der Waals surface area (Å²) in [5, 5.41) is 1.04. The van der Waals surface area contributed by atoms with Crippen LogP contribution in [-0.2, 0) is 0 Å². The third kappa shape index (κ3) is 2.54. The summed E-state index contributed by atoms with van der Waals surface area (Å²) >= 11 is 2.09. The quantitative estimate of drug-likeness (QED) is 0.706. The molecule has 0 aliphatic carbocycles. The summed E-state index contributed by atoms with van der Waals surface area (Å²) in [7, 11) is 0. The zero-order valence-corrected chi connectivity index (χ0v) is 14.9. The molecule has 0 bridgehead atoms. The first-order chi connectivity index (χ1) is 10.5. The van der Waals surface area contributed by atoms with Crippen LogP contribution in [0.15, 0.2) is 42.5 Å². The van der Waals surface area contributed by atoms with Crippen molar-refractivity contribution in [2.45, 2.75) is 51.3 Å². The van der Waals surface area contributed by atoms with Crippen LogP contribution in [0.2, 0.25) is 0 Å². The lowest BCUT2D eigenvalue weighted by atomic mass is 10.0. The Bertz CT molecular complexity index is 659. The Kier molecular flexibility index (Phi) is 4.22. The Balaban J connectivity index is 2.12. The number of para-hydroxylation sites is 1. The van der Waals surface area contributed by atoms with Crippen LogP contribution in [0.25, 0.3) is 0 Å². The Hall–Kier alpha value is -1.41. The van der Waals surface area contributed by atoms with E-state index in [1.54, 1.807) is 0 Å². The van der Waals surface area contributed by atoms with Crippen LogP contribution in [0.5, 0.6) is 0 Å². The summed E-state index contributed by atoms with van der Waals surface area (Å²) in [6, 6.07) is 16.0. The molecular formula is C20H25NS. The molecule has 0 aromatic heterocycles. The van der Waals surface area contributed by atoms with Gasteiger partial charge in [0.2, 0.25) is 0 Å². The summed E-state index contributed by atoms with van der Waals surface area (Å²) in [6.45, 7) is 11.4. The van der Waals surface area contributed by atoms with Gasteiger partial charge in [-0.05, 0) is 56.0 Å². The molecule has 0 spiro atoms. The Morgan fingerprint density at radius 2 is 1.41 bits per heavy atom. The Morgan fingerprint density at radius 1 is 0.818 bits per heavy atom. The van der Waals surface area contributed by atoms with Crippen LogP contribution in [0, 0.1) is 20.8 Å². The summed E-state index contributed by atoms with van der Waals surface area (Å²) in [6.07, 6.45) is 0. The van der Waals surface area contributed by atoms with E-state index in [0.717, 1.165) is 0 Å². The molecule has 0 amide bonds. The van der Waals surface area contributed by atoms with E-state index in [4.69, 9.17) is 0 Å². The minimum absolute atomic E-state index is 0.410. The van der Waals surface area contributed by atoms with Crippen LogP contribution < -0.4 is 4.90 Å². The molecule has 1 aliphatic heterocycles. The van der Waals surface area contributed by atoms with Crippen LogP contribution in [0.1, 0.15) is 41.5 Å². The van der Waals surface area contributed by atoms with Gasteiger partial charge in [0.05, 0.1) is 0 Å². The molecule has 0 N–H and O–H groups in total. The van der Waals surface area contributed by atoms with E-state index in [1.165, 1.54) is 27.9 Å². The van der Waals surface area contributed by atoms with Crippen molar-refractivity contribution in [2.75, 3.05) is 4.90 Å². The van der Waals surface area contributed by atoms with Gasteiger partial charge in [0.15, 0.2) is 0 Å². The predicted molar refractivity (Wildman–Crippen MR) is 98.8 cm³/mol. The highest BCUT2D eigenvalue weighted by Crippen LogP contribution is 2.50. The number of aryl methyl sites for hydroxylation is 3. The van der Waals surface area contributed by atoms with Crippen molar-refractivity contribution in [3.05, 3.63) is 64.7 Å². The molecule has 3 atom stereocenters. The maximum Gasteiger partial charge on any atom is 0.102 e. The molecule has 1 fully saturated rings. The summed E-state index contributed by atoms with van der Waals surface area (Å²) in [5.41, 5.74) is 7.03. The number of nitrogens with zero attached hydrogens (tertiary/aromatic N) is 1. The molecule has 3 rings (SSSR count). The van der Waals surface area contributed by atoms with E-state index in [0.29, 0.717) is 16.7 Å². The predicted octanol–water partition coefficient (Wildman–Crippen LogP) is 5.64. The van der Waals surface area contributed by atoms with Gasteiger partial charge in [-0.3, -0.25) is 0 Å². The second-order valence-corrected chi connectivity index (χ2v) is 7.90. The third-order valence-corrected chi connectivity index (χ3v) is 6.44. The van der Waals surface area contributed by atoms with Crippen molar-refractivity contribution in [1.82, 2.24) is 0 Å². The maximum absolute atomic E-state index is 2.62. The molecule has 0 radical (unpaired) electrons. The number of hydrogen-bond donors (Lipinski definition) is 0. The summed E-state index contributed by atoms with van der Waals surface area (Å²) < 4.78 is 0. The SMILES string of the molecule is Cc1ccccc1N1C(c2c(C)cccc2C)SC(C)[C@@H]1C. The smallest absolute Gasteiger partial charge is 0.102 e. The molecule has 1 saturated heterocycles. The van der Waals surface area contributed by atoms with Gasteiger partial charge in [-0.15, -0.1) is 11.8 Å². The first-order valence-corrected chi connectivity index (χ1v) is 9.00. The second kappa shape index (κ2) is 6.00. The summed E-state index contributed by atoms with van der Waals surface area (Å²) in [4.78, 5) is 2.62. The lowest BCUT2D eigenvalue weighted by molar-refractivity contribution is 0.655. The molecule has 1 heterocycles. The average molecular weight is 311 g/mol. The number of hydrogen-bond acceptors (Lipinski definition) is 2. The van der Waals surface area contributed by atoms with Gasteiger partial charge in [0.1, 0.15) is 5.37 Å². The number of anilines is 1. The molecule has 116 valence electrons. The maximum atomic E-state index is 2.62. The molecule has 1 aliphatic rings. The zero-order chi connectivity index (χ0) is 15.9. The first-order valence-electron chi connectivity index (χ1n) is 8.06. The summed E-state index contributed by atoms with van der Waals surface area (Å²) in [5.74, 6) is 0. The molecule has 2 unspecified atom stereocenters. The zero-order valence-electron chi connectivity index (χ0n) is 14.1. The van der Waals surface area contributed by atoms with E-state index >= 15 is 0 Å². The monoisotopic (exact) mass is 311 g/mol. The van der Waals surface area contributed by atoms with Gasteiger partial charge in [0.25, 0.3) is 0 Å². The molecule has 22 heavy (non-hydrogen) atoms. The van der Waals surface area contributed by atoms with Crippen LogP contribution >= 0.6 is 11.8 Å². The van der Waals surface area contributed by atoms with Gasteiger partial charge >= 0.3 is 0 Å². The van der Waals surface area contributed by atoms with Crippen molar-refractivity contribution in [2.24, 2.45) is 0 Å². The Morgan fingerprint density at radius 3 is 2.05 bits per heavy atom. The largest absolute Gasteiger partial charge is 0.351 e. The molecular weight excluding hydrogens is 286 g/mol. The fourth-order valence-electron chi connectivity index (χ4n) is 3.45. The number of thioether (sulfide) groups is 1. The first kappa shape index (κ1) is 15.5.